The third kappa shape index (κ3) is 1.75. The van der Waals surface area contributed by atoms with E-state index in [-0.39, 0.29) is 23.3 Å². The lowest BCUT2D eigenvalue weighted by atomic mass is 10.1. The molecule has 0 radical (unpaired) electrons. The van der Waals surface area contributed by atoms with Crippen molar-refractivity contribution in [2.24, 2.45) is 5.92 Å². The second kappa shape index (κ2) is 3.25. The Hall–Kier alpha value is -1.52. The second-order valence-electron chi connectivity index (χ2n) is 2.72. The quantitative estimate of drug-likeness (QED) is 0.638. The molecule has 5 heteroatoms. The van der Waals surface area contributed by atoms with Gasteiger partial charge in [-0.25, -0.2) is 4.98 Å². The maximum absolute atomic E-state index is 11.3. The van der Waals surface area contributed by atoms with E-state index in [0.717, 1.165) is 0 Å². The third-order valence-corrected chi connectivity index (χ3v) is 1.35. The Balaban J connectivity index is 2.96. The number of nitrogen functional groups attached to an aromatic ring is 1. The normalized spacial score (nSPS) is 10.2. The molecule has 0 aliphatic carbocycles. The summed E-state index contributed by atoms with van der Waals surface area (Å²) < 4.78 is 0. The minimum Gasteiger partial charge on any atom is -0.366 e. The van der Waals surface area contributed by atoms with Crippen LogP contribution in [0.4, 0.5) is 5.95 Å². The fourth-order valence-corrected chi connectivity index (χ4v) is 0.732. The summed E-state index contributed by atoms with van der Waals surface area (Å²) in [6.07, 6.45) is 1.32. The molecule has 0 atom stereocenters. The van der Waals surface area contributed by atoms with Gasteiger partial charge in [-0.2, -0.15) is 5.10 Å². The van der Waals surface area contributed by atoms with Crippen LogP contribution in [0.2, 0.25) is 0 Å². The van der Waals surface area contributed by atoms with E-state index in [1.807, 2.05) is 0 Å². The molecule has 1 heterocycles. The van der Waals surface area contributed by atoms with E-state index in [1.54, 1.807) is 13.8 Å². The van der Waals surface area contributed by atoms with Gasteiger partial charge in [-0.3, -0.25) is 4.79 Å². The molecule has 0 aliphatic heterocycles. The zero-order valence-electron chi connectivity index (χ0n) is 6.98. The summed E-state index contributed by atoms with van der Waals surface area (Å²) in [4.78, 5) is 15.1. The van der Waals surface area contributed by atoms with Gasteiger partial charge in [-0.1, -0.05) is 13.8 Å². The van der Waals surface area contributed by atoms with Crippen LogP contribution in [0.25, 0.3) is 0 Å². The molecule has 0 aliphatic rings. The van der Waals surface area contributed by atoms with Crippen LogP contribution in [0.1, 0.15) is 24.3 Å². The molecular weight excluding hydrogens is 156 g/mol. The van der Waals surface area contributed by atoms with E-state index in [0.29, 0.717) is 0 Å². The topological polar surface area (TPSA) is 81.8 Å². The van der Waals surface area contributed by atoms with Crippen molar-refractivity contribution in [1.29, 1.82) is 0 Å². The van der Waals surface area contributed by atoms with Gasteiger partial charge in [-0.15, -0.1) is 5.10 Å². The molecule has 0 unspecified atom stereocenters. The van der Waals surface area contributed by atoms with Crippen molar-refractivity contribution in [2.75, 3.05) is 5.73 Å². The van der Waals surface area contributed by atoms with Crippen molar-refractivity contribution in [3.05, 3.63) is 11.9 Å². The zero-order chi connectivity index (χ0) is 9.14. The SMILES string of the molecule is CC(C)C(=O)c1cnnc(N)n1. The van der Waals surface area contributed by atoms with Crippen LogP contribution >= 0.6 is 0 Å². The molecule has 0 bridgehead atoms. The van der Waals surface area contributed by atoms with Crippen molar-refractivity contribution < 1.29 is 4.79 Å². The number of carbonyl (C=O) groups excluding carboxylic acids is 1. The number of hydrogen-bond acceptors (Lipinski definition) is 5. The van der Waals surface area contributed by atoms with Gasteiger partial charge >= 0.3 is 0 Å². The number of carbonyl (C=O) groups is 1. The highest BCUT2D eigenvalue weighted by Gasteiger charge is 2.12. The highest BCUT2D eigenvalue weighted by Crippen LogP contribution is 2.03. The van der Waals surface area contributed by atoms with Crippen LogP contribution in [0, 0.1) is 5.92 Å². The maximum atomic E-state index is 11.3. The number of rotatable bonds is 2. The summed E-state index contributed by atoms with van der Waals surface area (Å²) in [7, 11) is 0. The lowest BCUT2D eigenvalue weighted by Crippen LogP contribution is -2.12. The predicted octanol–water partition coefficient (Wildman–Crippen LogP) is 0.293. The van der Waals surface area contributed by atoms with Crippen molar-refractivity contribution in [3.63, 3.8) is 0 Å². The van der Waals surface area contributed by atoms with E-state index in [9.17, 15) is 4.79 Å². The Morgan fingerprint density at radius 1 is 1.58 bits per heavy atom. The number of aromatic nitrogens is 3. The summed E-state index contributed by atoms with van der Waals surface area (Å²) in [5, 5.41) is 6.98. The van der Waals surface area contributed by atoms with Crippen LogP contribution in [0.5, 0.6) is 0 Å². The average Bonchev–Trinajstić information content (AvgIpc) is 2.03. The molecule has 12 heavy (non-hydrogen) atoms. The van der Waals surface area contributed by atoms with E-state index in [2.05, 4.69) is 15.2 Å². The van der Waals surface area contributed by atoms with Crippen LogP contribution in [0.3, 0.4) is 0 Å². The Labute approximate surface area is 70.0 Å². The van der Waals surface area contributed by atoms with E-state index in [1.165, 1.54) is 6.20 Å². The number of nitrogens with zero attached hydrogens (tertiary/aromatic N) is 3. The largest absolute Gasteiger partial charge is 0.366 e. The molecule has 0 aromatic carbocycles. The summed E-state index contributed by atoms with van der Waals surface area (Å²) in [6, 6.07) is 0. The van der Waals surface area contributed by atoms with Gasteiger partial charge in [0.05, 0.1) is 6.20 Å². The van der Waals surface area contributed by atoms with Gasteiger partial charge < -0.3 is 5.73 Å². The van der Waals surface area contributed by atoms with Gasteiger partial charge in [-0.05, 0) is 0 Å². The number of anilines is 1. The second-order valence-corrected chi connectivity index (χ2v) is 2.72. The van der Waals surface area contributed by atoms with Crippen molar-refractivity contribution in [2.45, 2.75) is 13.8 Å². The molecule has 1 aromatic heterocycles. The van der Waals surface area contributed by atoms with Crippen LogP contribution < -0.4 is 5.73 Å². The van der Waals surface area contributed by atoms with E-state index in [4.69, 9.17) is 5.73 Å². The Morgan fingerprint density at radius 2 is 2.25 bits per heavy atom. The molecule has 1 aromatic rings. The number of Topliss-reactive ketones (excluding diaryl/α,β-unsaturated/α-hetero) is 1. The molecule has 0 amide bonds. The maximum Gasteiger partial charge on any atom is 0.240 e. The van der Waals surface area contributed by atoms with Gasteiger partial charge in [0.25, 0.3) is 0 Å². The summed E-state index contributed by atoms with van der Waals surface area (Å²) in [5.74, 6) is -0.140. The van der Waals surface area contributed by atoms with Crippen molar-refractivity contribution in [1.82, 2.24) is 15.2 Å². The predicted molar refractivity (Wildman–Crippen MR) is 43.4 cm³/mol. The number of nitrogens with two attached hydrogens (primary N) is 1. The lowest BCUT2D eigenvalue weighted by molar-refractivity contribution is 0.0934. The molecule has 0 saturated heterocycles. The van der Waals surface area contributed by atoms with Gasteiger partial charge in [0, 0.05) is 5.92 Å². The monoisotopic (exact) mass is 166 g/mol. The van der Waals surface area contributed by atoms with Crippen LogP contribution in [0.15, 0.2) is 6.20 Å². The zero-order valence-corrected chi connectivity index (χ0v) is 6.98. The standard InChI is InChI=1S/C7H10N4O/c1-4(2)6(12)5-3-9-11-7(8)10-5/h3-4H,1-2H3,(H2,8,10,11). The van der Waals surface area contributed by atoms with Gasteiger partial charge in [0.2, 0.25) is 5.95 Å². The smallest absolute Gasteiger partial charge is 0.240 e. The fourth-order valence-electron chi connectivity index (χ4n) is 0.732. The van der Waals surface area contributed by atoms with Gasteiger partial charge in [0.15, 0.2) is 5.78 Å². The Bertz CT molecular complexity index is 297. The van der Waals surface area contributed by atoms with Gasteiger partial charge in [0.1, 0.15) is 5.69 Å². The summed E-state index contributed by atoms with van der Waals surface area (Å²) in [5.41, 5.74) is 5.54. The first-order chi connectivity index (χ1) is 5.61. The molecular formula is C7H10N4O. The van der Waals surface area contributed by atoms with Crippen LogP contribution in [-0.2, 0) is 0 Å². The third-order valence-electron chi connectivity index (χ3n) is 1.35. The van der Waals surface area contributed by atoms with Crippen molar-refractivity contribution >= 4 is 11.7 Å². The van der Waals surface area contributed by atoms with E-state index >= 15 is 0 Å². The number of hydrogen-bond donors (Lipinski definition) is 1. The minimum atomic E-state index is -0.0962. The number of ketones is 1. The first-order valence-electron chi connectivity index (χ1n) is 3.60. The van der Waals surface area contributed by atoms with Crippen molar-refractivity contribution in [3.8, 4) is 0 Å². The highest BCUT2D eigenvalue weighted by molar-refractivity contribution is 5.95. The average molecular weight is 166 g/mol. The molecule has 64 valence electrons. The summed E-state index contributed by atoms with van der Waals surface area (Å²) >= 11 is 0. The first-order valence-corrected chi connectivity index (χ1v) is 3.60. The lowest BCUT2D eigenvalue weighted by Gasteiger charge is -2.01. The molecule has 2 N–H and O–H groups in total. The molecule has 5 nitrogen and oxygen atoms in total. The first kappa shape index (κ1) is 8.58. The Morgan fingerprint density at radius 3 is 2.75 bits per heavy atom. The molecule has 1 rings (SSSR count). The van der Waals surface area contributed by atoms with E-state index < -0.39 is 0 Å². The summed E-state index contributed by atoms with van der Waals surface area (Å²) in [6.45, 7) is 3.58. The fraction of sp³-hybridized carbons (Fsp3) is 0.429. The molecule has 0 fully saturated rings. The Kier molecular flexibility index (Phi) is 2.32. The molecule has 0 saturated carbocycles. The molecule has 0 spiro atoms. The minimum absolute atomic E-state index is 0.0292. The highest BCUT2D eigenvalue weighted by atomic mass is 16.1. The van der Waals surface area contributed by atoms with Crippen LogP contribution in [-0.4, -0.2) is 21.0 Å².